The number of rotatable bonds is 14. The summed E-state index contributed by atoms with van der Waals surface area (Å²) in [5.41, 5.74) is 0. The first kappa shape index (κ1) is 22.4. The maximum atomic E-state index is 11.4. The van der Waals surface area contributed by atoms with Crippen molar-refractivity contribution in [3.05, 3.63) is 48.6 Å². The summed E-state index contributed by atoms with van der Waals surface area (Å²) in [5.74, 6) is 0.214. The Labute approximate surface area is 150 Å². The molecular weight excluding hydrogens is 294 g/mol. The quantitative estimate of drug-likeness (QED) is 0.273. The van der Waals surface area contributed by atoms with Crippen LogP contribution in [0.15, 0.2) is 48.6 Å². The second-order valence-corrected chi connectivity index (χ2v) is 6.27. The Morgan fingerprint density at radius 3 is 1.62 bits per heavy atom. The highest BCUT2D eigenvalue weighted by Gasteiger charge is 2.00. The number of amides is 1. The molecule has 0 aromatic rings. The van der Waals surface area contributed by atoms with Gasteiger partial charge in [0.2, 0.25) is 5.91 Å². The van der Waals surface area contributed by atoms with E-state index in [0.29, 0.717) is 6.42 Å². The topological polar surface area (TPSA) is 20.3 Å². The summed E-state index contributed by atoms with van der Waals surface area (Å²) in [6.07, 6.45) is 28.6. The van der Waals surface area contributed by atoms with Crippen LogP contribution in [0, 0.1) is 0 Å². The van der Waals surface area contributed by atoms with Gasteiger partial charge in [-0.2, -0.15) is 0 Å². The molecule has 1 amide bonds. The van der Waals surface area contributed by atoms with Crippen LogP contribution in [-0.2, 0) is 4.79 Å². The second-order valence-electron chi connectivity index (χ2n) is 6.27. The minimum atomic E-state index is 0.214. The molecule has 0 radical (unpaired) electrons. The van der Waals surface area contributed by atoms with Crippen molar-refractivity contribution in [1.82, 2.24) is 4.90 Å². The highest BCUT2D eigenvalue weighted by Crippen LogP contribution is 2.02. The number of carbonyl (C=O) groups excluding carboxylic acids is 1. The van der Waals surface area contributed by atoms with Gasteiger partial charge < -0.3 is 4.90 Å². The van der Waals surface area contributed by atoms with Crippen molar-refractivity contribution in [3.63, 3.8) is 0 Å². The van der Waals surface area contributed by atoms with Crippen LogP contribution in [0.4, 0.5) is 0 Å². The van der Waals surface area contributed by atoms with Gasteiger partial charge in [0.05, 0.1) is 0 Å². The van der Waals surface area contributed by atoms with E-state index in [4.69, 9.17) is 0 Å². The van der Waals surface area contributed by atoms with Gasteiger partial charge in [0.25, 0.3) is 0 Å². The largest absolute Gasteiger partial charge is 0.349 e. The summed E-state index contributed by atoms with van der Waals surface area (Å²) in [6, 6.07) is 0. The summed E-state index contributed by atoms with van der Waals surface area (Å²) < 4.78 is 0. The summed E-state index contributed by atoms with van der Waals surface area (Å²) in [4.78, 5) is 13.0. The third-order valence-corrected chi connectivity index (χ3v) is 3.72. The Hall–Kier alpha value is -1.57. The number of hydrogen-bond acceptors (Lipinski definition) is 1. The highest BCUT2D eigenvalue weighted by atomic mass is 16.2. The van der Waals surface area contributed by atoms with Gasteiger partial charge in [0, 0.05) is 20.5 Å². The lowest BCUT2D eigenvalue weighted by Crippen LogP contribution is -2.20. The van der Waals surface area contributed by atoms with E-state index in [0.717, 1.165) is 32.1 Å². The zero-order valence-electron chi connectivity index (χ0n) is 16.0. The Balaban J connectivity index is 3.47. The van der Waals surface area contributed by atoms with Crippen molar-refractivity contribution < 1.29 is 4.79 Å². The van der Waals surface area contributed by atoms with E-state index >= 15 is 0 Å². The Kier molecular flexibility index (Phi) is 16.6. The molecule has 0 fully saturated rings. The summed E-state index contributed by atoms with van der Waals surface area (Å²) in [6.45, 7) is 2.24. The fourth-order valence-electron chi connectivity index (χ4n) is 2.16. The first-order chi connectivity index (χ1) is 11.7. The third-order valence-electron chi connectivity index (χ3n) is 3.72. The van der Waals surface area contributed by atoms with Gasteiger partial charge in [-0.3, -0.25) is 4.79 Å². The molecule has 2 heteroatoms. The van der Waals surface area contributed by atoms with Crippen molar-refractivity contribution in [2.24, 2.45) is 0 Å². The van der Waals surface area contributed by atoms with Crippen LogP contribution in [0.2, 0.25) is 0 Å². The molecule has 0 aliphatic rings. The van der Waals surface area contributed by atoms with Crippen molar-refractivity contribution >= 4 is 5.91 Å². The fraction of sp³-hybridized carbons (Fsp3) is 0.591. The van der Waals surface area contributed by atoms with Gasteiger partial charge in [-0.25, -0.2) is 0 Å². The lowest BCUT2D eigenvalue weighted by molar-refractivity contribution is -0.128. The Morgan fingerprint density at radius 2 is 1.17 bits per heavy atom. The normalized spacial score (nSPS) is 12.3. The zero-order chi connectivity index (χ0) is 17.9. The van der Waals surface area contributed by atoms with Gasteiger partial charge >= 0.3 is 0 Å². The third kappa shape index (κ3) is 16.8. The van der Waals surface area contributed by atoms with Gasteiger partial charge in [0.15, 0.2) is 0 Å². The fourth-order valence-corrected chi connectivity index (χ4v) is 2.16. The zero-order valence-corrected chi connectivity index (χ0v) is 16.0. The van der Waals surface area contributed by atoms with Crippen LogP contribution in [0.1, 0.15) is 71.1 Å². The van der Waals surface area contributed by atoms with Crippen molar-refractivity contribution in [1.29, 1.82) is 0 Å². The maximum Gasteiger partial charge on any atom is 0.222 e. The number of nitrogens with zero attached hydrogens (tertiary/aromatic N) is 1. The first-order valence-corrected chi connectivity index (χ1v) is 9.48. The SMILES string of the molecule is CCCCCC=CCC=CCC=CCC=CCCCC(=O)N(C)C. The predicted octanol–water partition coefficient (Wildman–Crippen LogP) is 6.22. The Bertz CT molecular complexity index is 402. The maximum absolute atomic E-state index is 11.4. The number of carbonyl (C=O) groups is 1. The number of unbranched alkanes of at least 4 members (excludes halogenated alkanes) is 4. The van der Waals surface area contributed by atoms with Gasteiger partial charge in [-0.1, -0.05) is 68.4 Å². The molecular formula is C22H37NO. The Morgan fingerprint density at radius 1 is 0.708 bits per heavy atom. The average Bonchev–Trinajstić information content (AvgIpc) is 2.57. The summed E-state index contributed by atoms with van der Waals surface area (Å²) in [7, 11) is 3.61. The molecule has 0 N–H and O–H groups in total. The molecule has 0 saturated heterocycles. The number of allylic oxidation sites excluding steroid dienone is 8. The molecule has 136 valence electrons. The van der Waals surface area contributed by atoms with Crippen LogP contribution in [-0.4, -0.2) is 24.9 Å². The van der Waals surface area contributed by atoms with Crippen LogP contribution in [0.5, 0.6) is 0 Å². The van der Waals surface area contributed by atoms with E-state index in [1.165, 1.54) is 25.7 Å². The lowest BCUT2D eigenvalue weighted by Gasteiger charge is -2.08. The first-order valence-electron chi connectivity index (χ1n) is 9.48. The van der Waals surface area contributed by atoms with Gasteiger partial charge in [0.1, 0.15) is 0 Å². The molecule has 2 nitrogen and oxygen atoms in total. The molecule has 0 unspecified atom stereocenters. The molecule has 0 aliphatic carbocycles. The predicted molar refractivity (Wildman–Crippen MR) is 107 cm³/mol. The molecule has 0 bridgehead atoms. The molecule has 0 aliphatic heterocycles. The van der Waals surface area contributed by atoms with Crippen LogP contribution in [0.25, 0.3) is 0 Å². The second kappa shape index (κ2) is 17.8. The molecule has 0 rings (SSSR count). The molecule has 0 aromatic heterocycles. The van der Waals surface area contributed by atoms with E-state index in [2.05, 4.69) is 55.5 Å². The van der Waals surface area contributed by atoms with Gasteiger partial charge in [-0.05, 0) is 44.9 Å². The molecule has 0 spiro atoms. The summed E-state index contributed by atoms with van der Waals surface area (Å²) in [5, 5.41) is 0. The van der Waals surface area contributed by atoms with E-state index in [9.17, 15) is 4.79 Å². The van der Waals surface area contributed by atoms with Crippen LogP contribution >= 0.6 is 0 Å². The number of hydrogen-bond donors (Lipinski definition) is 0. The minimum absolute atomic E-state index is 0.214. The van der Waals surface area contributed by atoms with E-state index in [1.54, 1.807) is 19.0 Å². The molecule has 0 aromatic carbocycles. The molecule has 0 heterocycles. The van der Waals surface area contributed by atoms with Crippen molar-refractivity contribution in [2.75, 3.05) is 14.1 Å². The molecule has 0 saturated carbocycles. The van der Waals surface area contributed by atoms with Gasteiger partial charge in [-0.15, -0.1) is 0 Å². The van der Waals surface area contributed by atoms with E-state index in [1.807, 2.05) is 0 Å². The highest BCUT2D eigenvalue weighted by molar-refractivity contribution is 5.75. The van der Waals surface area contributed by atoms with Crippen molar-refractivity contribution in [3.8, 4) is 0 Å². The van der Waals surface area contributed by atoms with E-state index in [-0.39, 0.29) is 5.91 Å². The summed E-state index contributed by atoms with van der Waals surface area (Å²) >= 11 is 0. The lowest BCUT2D eigenvalue weighted by atomic mass is 10.2. The molecule has 24 heavy (non-hydrogen) atoms. The minimum Gasteiger partial charge on any atom is -0.349 e. The van der Waals surface area contributed by atoms with Crippen LogP contribution in [0.3, 0.4) is 0 Å². The van der Waals surface area contributed by atoms with Crippen molar-refractivity contribution in [2.45, 2.75) is 71.1 Å². The molecule has 0 atom stereocenters. The average molecular weight is 332 g/mol. The smallest absolute Gasteiger partial charge is 0.222 e. The van der Waals surface area contributed by atoms with Crippen LogP contribution < -0.4 is 0 Å². The van der Waals surface area contributed by atoms with E-state index < -0.39 is 0 Å². The monoisotopic (exact) mass is 331 g/mol. The standard InChI is InChI=1S/C22H37NO/c1-4-5-6-7-8-9-10-11-12-13-14-15-16-17-18-19-20-21-22(24)23(2)3/h8-9,11-12,14-15,17-18H,4-7,10,13,16,19-21H2,1-3H3.